The van der Waals surface area contributed by atoms with Crippen LogP contribution in [-0.4, -0.2) is 29.4 Å². The molecule has 1 aromatic heterocycles. The van der Waals surface area contributed by atoms with Crippen LogP contribution in [0.15, 0.2) is 62.4 Å². The van der Waals surface area contributed by atoms with Crippen molar-refractivity contribution in [3.8, 4) is 17.0 Å². The normalized spacial score (nSPS) is 17.3. The zero-order chi connectivity index (χ0) is 21.9. The summed E-state index contributed by atoms with van der Waals surface area (Å²) in [7, 11) is 0. The van der Waals surface area contributed by atoms with Crippen LogP contribution in [0.4, 0.5) is 5.69 Å². The molecule has 6 nitrogen and oxygen atoms in total. The fourth-order valence-corrected chi connectivity index (χ4v) is 5.30. The molecule has 1 saturated carbocycles. The molecule has 0 bridgehead atoms. The van der Waals surface area contributed by atoms with E-state index < -0.39 is 0 Å². The highest BCUT2D eigenvalue weighted by molar-refractivity contribution is 9.10. The number of anilines is 1. The number of hydrogen-bond donors (Lipinski definition) is 1. The van der Waals surface area contributed by atoms with E-state index in [4.69, 9.17) is 14.8 Å². The first kappa shape index (κ1) is 21.2. The van der Waals surface area contributed by atoms with Crippen molar-refractivity contribution in [3.63, 3.8) is 0 Å². The molecule has 0 unspecified atom stereocenters. The number of nitrogens with zero attached hydrogens (tertiary/aromatic N) is 3. The molecule has 1 N–H and O–H groups in total. The third-order valence-corrected chi connectivity index (χ3v) is 7.23. The van der Waals surface area contributed by atoms with Gasteiger partial charge in [-0.2, -0.15) is 5.10 Å². The molecule has 2 aliphatic rings. The molecule has 5 rings (SSSR count). The van der Waals surface area contributed by atoms with Crippen molar-refractivity contribution >= 4 is 45.1 Å². The van der Waals surface area contributed by atoms with E-state index in [2.05, 4.69) is 26.6 Å². The zero-order valence-electron chi connectivity index (χ0n) is 17.5. The van der Waals surface area contributed by atoms with Crippen LogP contribution in [0.1, 0.15) is 37.7 Å². The lowest BCUT2D eigenvalue weighted by atomic mass is 9.96. The summed E-state index contributed by atoms with van der Waals surface area (Å²) in [6, 6.07) is 14.2. The van der Waals surface area contributed by atoms with E-state index >= 15 is 0 Å². The zero-order valence-corrected chi connectivity index (χ0v) is 19.9. The fourth-order valence-electron chi connectivity index (χ4n) is 4.01. The number of halogens is 1. The fraction of sp³-hybridized carbons (Fsp3) is 0.292. The Bertz CT molecular complexity index is 1240. The van der Waals surface area contributed by atoms with Crippen molar-refractivity contribution in [1.29, 1.82) is 0 Å². The van der Waals surface area contributed by atoms with E-state index in [1.165, 1.54) is 19.3 Å². The van der Waals surface area contributed by atoms with Gasteiger partial charge in [0.05, 0.1) is 23.6 Å². The second kappa shape index (κ2) is 9.42. The van der Waals surface area contributed by atoms with Gasteiger partial charge < -0.3 is 10.1 Å². The van der Waals surface area contributed by atoms with Gasteiger partial charge in [-0.05, 0) is 37.1 Å². The van der Waals surface area contributed by atoms with Crippen molar-refractivity contribution in [3.05, 3.63) is 62.7 Å². The van der Waals surface area contributed by atoms with Crippen LogP contribution < -0.4 is 14.9 Å². The first-order valence-corrected chi connectivity index (χ1v) is 12.4. The minimum absolute atomic E-state index is 0.0471. The number of rotatable bonds is 4. The minimum Gasteiger partial charge on any atom is -0.482 e. The van der Waals surface area contributed by atoms with Crippen LogP contribution in [0.3, 0.4) is 0 Å². The number of fused-ring (bicyclic) bond motifs is 1. The number of amides is 1. The van der Waals surface area contributed by atoms with E-state index in [0.717, 1.165) is 38.9 Å². The molecule has 3 aromatic rings. The van der Waals surface area contributed by atoms with E-state index in [1.54, 1.807) is 11.3 Å². The van der Waals surface area contributed by atoms with Crippen molar-refractivity contribution in [1.82, 2.24) is 4.68 Å². The number of carbonyl (C=O) groups excluding carboxylic acids is 1. The number of ether oxygens (including phenoxy) is 1. The molecule has 1 fully saturated rings. The van der Waals surface area contributed by atoms with Gasteiger partial charge in [0.2, 0.25) is 4.80 Å². The Morgan fingerprint density at radius 1 is 1.16 bits per heavy atom. The molecule has 0 radical (unpaired) electrons. The highest BCUT2D eigenvalue weighted by Gasteiger charge is 2.18. The Hall–Kier alpha value is -2.71. The number of nitrogens with one attached hydrogen (secondary N) is 1. The summed E-state index contributed by atoms with van der Waals surface area (Å²) in [6.45, 7) is 0.0471. The van der Waals surface area contributed by atoms with Gasteiger partial charge >= 0.3 is 0 Å². The number of benzene rings is 2. The van der Waals surface area contributed by atoms with Gasteiger partial charge in [-0.25, -0.2) is 4.68 Å². The maximum absolute atomic E-state index is 11.8. The lowest BCUT2D eigenvalue weighted by molar-refractivity contribution is -0.118. The van der Waals surface area contributed by atoms with E-state index in [1.807, 2.05) is 53.4 Å². The Morgan fingerprint density at radius 2 is 2.00 bits per heavy atom. The quantitative estimate of drug-likeness (QED) is 0.475. The molecule has 0 atom stereocenters. The Labute approximate surface area is 198 Å². The average molecular weight is 511 g/mol. The van der Waals surface area contributed by atoms with Crippen LogP contribution in [0.2, 0.25) is 0 Å². The molecule has 8 heteroatoms. The second-order valence-electron chi connectivity index (χ2n) is 7.95. The third kappa shape index (κ3) is 4.56. The molecule has 1 aliphatic carbocycles. The van der Waals surface area contributed by atoms with Crippen molar-refractivity contribution < 1.29 is 9.53 Å². The van der Waals surface area contributed by atoms with Crippen LogP contribution >= 0.6 is 27.3 Å². The Balaban J connectivity index is 1.58. The average Bonchev–Trinajstić information content (AvgIpc) is 3.21. The topological polar surface area (TPSA) is 68.0 Å². The molecule has 2 heterocycles. The molecule has 0 spiro atoms. The molecule has 164 valence electrons. The predicted molar refractivity (Wildman–Crippen MR) is 131 cm³/mol. The summed E-state index contributed by atoms with van der Waals surface area (Å²) in [6.07, 6.45) is 7.87. The van der Waals surface area contributed by atoms with Crippen LogP contribution in [0, 0.1) is 0 Å². The van der Waals surface area contributed by atoms with Gasteiger partial charge in [0.25, 0.3) is 5.91 Å². The Morgan fingerprint density at radius 3 is 2.84 bits per heavy atom. The highest BCUT2D eigenvalue weighted by Crippen LogP contribution is 2.33. The van der Waals surface area contributed by atoms with Gasteiger partial charge in [0.1, 0.15) is 5.75 Å². The third-order valence-electron chi connectivity index (χ3n) is 5.68. The number of carbonyl (C=O) groups is 1. The van der Waals surface area contributed by atoms with Gasteiger partial charge in [0, 0.05) is 21.0 Å². The largest absolute Gasteiger partial charge is 0.482 e. The van der Waals surface area contributed by atoms with E-state index in [0.29, 0.717) is 17.5 Å². The summed E-state index contributed by atoms with van der Waals surface area (Å²) < 4.78 is 8.41. The number of thiazole rings is 1. The van der Waals surface area contributed by atoms with E-state index in [9.17, 15) is 4.79 Å². The molecule has 0 saturated heterocycles. The summed E-state index contributed by atoms with van der Waals surface area (Å²) >= 11 is 5.19. The summed E-state index contributed by atoms with van der Waals surface area (Å²) in [5.74, 6) is 0.534. The van der Waals surface area contributed by atoms with Crippen LogP contribution in [0.5, 0.6) is 5.75 Å². The monoisotopic (exact) mass is 510 g/mol. The molecular weight excluding hydrogens is 488 g/mol. The molecule has 2 aromatic carbocycles. The number of hydrogen-bond acceptors (Lipinski definition) is 5. The van der Waals surface area contributed by atoms with Gasteiger partial charge in [-0.3, -0.25) is 9.79 Å². The van der Waals surface area contributed by atoms with Gasteiger partial charge in [-0.15, -0.1) is 11.3 Å². The standard InChI is InChI=1S/C24H23BrN4O2S/c25-19-9-5-4-6-17(19)13-26-29-21(15-32-24(29)27-18-7-2-1-3-8-18)16-10-11-22-20(12-16)28-23(30)14-31-22/h4-6,9-13,15,18H,1-3,7-8,14H2,(H,28,30). The van der Waals surface area contributed by atoms with E-state index in [-0.39, 0.29) is 12.5 Å². The SMILES string of the molecule is O=C1COc2ccc(-c3csc(=NC4CCCCC4)n3N=Cc3ccccc3Br)cc2N1. The van der Waals surface area contributed by atoms with Crippen LogP contribution in [0.25, 0.3) is 11.3 Å². The predicted octanol–water partition coefficient (Wildman–Crippen LogP) is 5.43. The lowest BCUT2D eigenvalue weighted by Crippen LogP contribution is -2.25. The molecule has 1 amide bonds. The highest BCUT2D eigenvalue weighted by atomic mass is 79.9. The smallest absolute Gasteiger partial charge is 0.262 e. The first-order valence-electron chi connectivity index (χ1n) is 10.8. The molecular formula is C24H23BrN4O2S. The maximum atomic E-state index is 11.8. The van der Waals surface area contributed by atoms with Crippen molar-refractivity contribution in [2.24, 2.45) is 10.1 Å². The van der Waals surface area contributed by atoms with Gasteiger partial charge in [0.15, 0.2) is 6.61 Å². The second-order valence-corrected chi connectivity index (χ2v) is 9.64. The summed E-state index contributed by atoms with van der Waals surface area (Å²) in [4.78, 5) is 17.7. The van der Waals surface area contributed by atoms with Crippen LogP contribution in [-0.2, 0) is 4.79 Å². The summed E-state index contributed by atoms with van der Waals surface area (Å²) in [5, 5.41) is 9.79. The first-order chi connectivity index (χ1) is 15.7. The van der Waals surface area contributed by atoms with Crippen molar-refractivity contribution in [2.75, 3.05) is 11.9 Å². The van der Waals surface area contributed by atoms with Gasteiger partial charge in [-0.1, -0.05) is 53.4 Å². The summed E-state index contributed by atoms with van der Waals surface area (Å²) in [5.41, 5.74) is 3.54. The minimum atomic E-state index is -0.146. The molecule has 1 aliphatic heterocycles. The maximum Gasteiger partial charge on any atom is 0.262 e. The van der Waals surface area contributed by atoms with Crippen molar-refractivity contribution in [2.45, 2.75) is 38.1 Å². The lowest BCUT2D eigenvalue weighted by Gasteiger charge is -2.18. The molecule has 32 heavy (non-hydrogen) atoms. The number of aromatic nitrogens is 1. The Kier molecular flexibility index (Phi) is 6.23.